The van der Waals surface area contributed by atoms with Gasteiger partial charge in [-0.25, -0.2) is 0 Å². The zero-order chi connectivity index (χ0) is 13.7. The molecule has 1 N–H and O–H groups in total. The average molecular weight is 297 g/mol. The second-order valence-corrected chi connectivity index (χ2v) is 7.59. The highest BCUT2D eigenvalue weighted by molar-refractivity contribution is 8.07. The van der Waals surface area contributed by atoms with E-state index in [-0.39, 0.29) is 0 Å². The van der Waals surface area contributed by atoms with Gasteiger partial charge in [0.15, 0.2) is 0 Å². The summed E-state index contributed by atoms with van der Waals surface area (Å²) in [5.41, 5.74) is 1.30. The number of thioether (sulfide) groups is 2. The lowest BCUT2D eigenvalue weighted by molar-refractivity contribution is 0.405. The number of hydrogen-bond acceptors (Lipinski definition) is 4. The number of hydrogen-bond donors (Lipinski definition) is 1. The quantitative estimate of drug-likeness (QED) is 0.901. The molecule has 1 aromatic rings. The monoisotopic (exact) mass is 297 g/mol. The smallest absolute Gasteiger partial charge is 0.122 e. The third kappa shape index (κ3) is 3.83. The van der Waals surface area contributed by atoms with E-state index in [0.29, 0.717) is 16.5 Å². The standard InChI is InChI=1S/C15H23NOS2/c1-11-15(19-9-8-18-11)13(16-2)10-12-6-4-5-7-14(12)17-3/h4-7,11,13,15-16H,8-10H2,1-3H3. The molecular weight excluding hydrogens is 274 g/mol. The molecule has 106 valence electrons. The molecule has 0 spiro atoms. The lowest BCUT2D eigenvalue weighted by atomic mass is 10.0. The van der Waals surface area contributed by atoms with Gasteiger partial charge in [-0.05, 0) is 25.1 Å². The lowest BCUT2D eigenvalue weighted by Gasteiger charge is -2.34. The van der Waals surface area contributed by atoms with Crippen molar-refractivity contribution < 1.29 is 4.74 Å². The lowest BCUT2D eigenvalue weighted by Crippen LogP contribution is -2.44. The first-order valence-corrected chi connectivity index (χ1v) is 8.88. The Bertz CT molecular complexity index is 399. The van der Waals surface area contributed by atoms with Gasteiger partial charge in [-0.15, -0.1) is 0 Å². The van der Waals surface area contributed by atoms with Gasteiger partial charge in [0.05, 0.1) is 7.11 Å². The van der Waals surface area contributed by atoms with Crippen molar-refractivity contribution in [3.63, 3.8) is 0 Å². The minimum atomic E-state index is 0.504. The molecule has 0 saturated carbocycles. The number of benzene rings is 1. The van der Waals surface area contributed by atoms with Gasteiger partial charge in [0.1, 0.15) is 5.75 Å². The van der Waals surface area contributed by atoms with Crippen molar-refractivity contribution in [2.75, 3.05) is 25.7 Å². The fraction of sp³-hybridized carbons (Fsp3) is 0.600. The topological polar surface area (TPSA) is 21.3 Å². The zero-order valence-corrected chi connectivity index (χ0v) is 13.5. The maximum absolute atomic E-state index is 5.47. The van der Waals surface area contributed by atoms with Gasteiger partial charge < -0.3 is 10.1 Å². The second kappa shape index (κ2) is 7.46. The molecule has 0 radical (unpaired) electrons. The Morgan fingerprint density at radius 3 is 2.74 bits per heavy atom. The van der Waals surface area contributed by atoms with Crippen molar-refractivity contribution in [3.8, 4) is 5.75 Å². The van der Waals surface area contributed by atoms with Crippen LogP contribution in [0.3, 0.4) is 0 Å². The molecule has 19 heavy (non-hydrogen) atoms. The molecule has 1 heterocycles. The third-order valence-electron chi connectivity index (χ3n) is 3.64. The van der Waals surface area contributed by atoms with Crippen molar-refractivity contribution in [2.24, 2.45) is 0 Å². The predicted octanol–water partition coefficient (Wildman–Crippen LogP) is 3.06. The van der Waals surface area contributed by atoms with Crippen molar-refractivity contribution >= 4 is 23.5 Å². The SMILES string of the molecule is CNC(Cc1ccccc1OC)C1SCCSC1C. The van der Waals surface area contributed by atoms with Crippen LogP contribution in [0.4, 0.5) is 0 Å². The zero-order valence-electron chi connectivity index (χ0n) is 11.9. The molecule has 0 aromatic heterocycles. The van der Waals surface area contributed by atoms with E-state index in [0.717, 1.165) is 12.2 Å². The number of ether oxygens (including phenoxy) is 1. The van der Waals surface area contributed by atoms with Crippen molar-refractivity contribution in [1.82, 2.24) is 5.32 Å². The van der Waals surface area contributed by atoms with Gasteiger partial charge in [0.25, 0.3) is 0 Å². The summed E-state index contributed by atoms with van der Waals surface area (Å²) in [6.07, 6.45) is 1.03. The summed E-state index contributed by atoms with van der Waals surface area (Å²) >= 11 is 4.21. The first-order chi connectivity index (χ1) is 9.26. The van der Waals surface area contributed by atoms with Crippen LogP contribution >= 0.6 is 23.5 Å². The first kappa shape index (κ1) is 15.1. The van der Waals surface area contributed by atoms with Crippen LogP contribution in [-0.4, -0.2) is 42.2 Å². The van der Waals surface area contributed by atoms with Crippen LogP contribution in [0.25, 0.3) is 0 Å². The maximum Gasteiger partial charge on any atom is 0.122 e. The summed E-state index contributed by atoms with van der Waals surface area (Å²) in [7, 11) is 3.83. The van der Waals surface area contributed by atoms with Crippen molar-refractivity contribution in [3.05, 3.63) is 29.8 Å². The summed E-state index contributed by atoms with van der Waals surface area (Å²) in [5.74, 6) is 3.56. The fourth-order valence-corrected chi connectivity index (χ4v) is 5.58. The van der Waals surface area contributed by atoms with E-state index in [4.69, 9.17) is 4.74 Å². The second-order valence-electron chi connectivity index (χ2n) is 4.82. The number of methoxy groups -OCH3 is 1. The highest BCUT2D eigenvalue weighted by atomic mass is 32.2. The van der Waals surface area contributed by atoms with E-state index >= 15 is 0 Å². The van der Waals surface area contributed by atoms with E-state index in [1.165, 1.54) is 17.1 Å². The molecular formula is C15H23NOS2. The number of likely N-dealkylation sites (N-methyl/N-ethyl adjacent to an activating group) is 1. The Kier molecular flexibility index (Phi) is 5.92. The van der Waals surface area contributed by atoms with Crippen LogP contribution < -0.4 is 10.1 Å². The highest BCUT2D eigenvalue weighted by Crippen LogP contribution is 2.34. The van der Waals surface area contributed by atoms with E-state index in [9.17, 15) is 0 Å². The van der Waals surface area contributed by atoms with Gasteiger partial charge in [-0.3, -0.25) is 0 Å². The first-order valence-electron chi connectivity index (χ1n) is 6.78. The maximum atomic E-state index is 5.47. The van der Waals surface area contributed by atoms with Gasteiger partial charge in [0, 0.05) is 28.0 Å². The van der Waals surface area contributed by atoms with Crippen LogP contribution in [0, 0.1) is 0 Å². The van der Waals surface area contributed by atoms with E-state index in [2.05, 4.69) is 54.9 Å². The fourth-order valence-electron chi connectivity index (χ4n) is 2.58. The molecule has 3 atom stereocenters. The molecule has 1 aliphatic rings. The average Bonchev–Trinajstić information content (AvgIpc) is 2.46. The molecule has 0 bridgehead atoms. The van der Waals surface area contributed by atoms with E-state index < -0.39 is 0 Å². The molecule has 0 amide bonds. The van der Waals surface area contributed by atoms with Crippen LogP contribution in [0.15, 0.2) is 24.3 Å². The van der Waals surface area contributed by atoms with Gasteiger partial charge in [-0.1, -0.05) is 25.1 Å². The predicted molar refractivity (Wildman–Crippen MR) is 87.7 cm³/mol. The normalized spacial score (nSPS) is 25.0. The Morgan fingerprint density at radius 2 is 2.05 bits per heavy atom. The Hall–Kier alpha value is -0.320. The molecule has 4 heteroatoms. The largest absolute Gasteiger partial charge is 0.496 e. The van der Waals surface area contributed by atoms with Crippen LogP contribution in [0.1, 0.15) is 12.5 Å². The Morgan fingerprint density at radius 1 is 1.32 bits per heavy atom. The number of nitrogens with one attached hydrogen (secondary N) is 1. The molecule has 2 rings (SSSR count). The third-order valence-corrected chi connectivity index (χ3v) is 6.89. The van der Waals surface area contributed by atoms with Crippen LogP contribution in [0.2, 0.25) is 0 Å². The molecule has 1 aromatic carbocycles. The Labute approximate surface area is 125 Å². The summed E-state index contributed by atoms with van der Waals surface area (Å²) in [6, 6.07) is 8.86. The van der Waals surface area contributed by atoms with Crippen molar-refractivity contribution in [2.45, 2.75) is 29.9 Å². The summed E-state index contributed by atoms with van der Waals surface area (Å²) < 4.78 is 5.47. The van der Waals surface area contributed by atoms with Gasteiger partial charge in [-0.2, -0.15) is 23.5 Å². The molecule has 1 aliphatic heterocycles. The van der Waals surface area contributed by atoms with Crippen LogP contribution in [-0.2, 0) is 6.42 Å². The minimum absolute atomic E-state index is 0.504. The molecule has 3 unspecified atom stereocenters. The summed E-state index contributed by atoms with van der Waals surface area (Å²) in [5, 5.41) is 4.90. The van der Waals surface area contributed by atoms with E-state index in [1.54, 1.807) is 7.11 Å². The highest BCUT2D eigenvalue weighted by Gasteiger charge is 2.29. The molecule has 1 saturated heterocycles. The molecule has 1 fully saturated rings. The summed E-state index contributed by atoms with van der Waals surface area (Å²) in [6.45, 7) is 2.36. The van der Waals surface area contributed by atoms with Gasteiger partial charge in [0.2, 0.25) is 0 Å². The van der Waals surface area contributed by atoms with Crippen LogP contribution in [0.5, 0.6) is 5.75 Å². The van der Waals surface area contributed by atoms with Crippen molar-refractivity contribution in [1.29, 1.82) is 0 Å². The number of rotatable bonds is 5. The van der Waals surface area contributed by atoms with Gasteiger partial charge >= 0.3 is 0 Å². The minimum Gasteiger partial charge on any atom is -0.496 e. The summed E-state index contributed by atoms with van der Waals surface area (Å²) in [4.78, 5) is 0. The molecule has 2 nitrogen and oxygen atoms in total. The van der Waals surface area contributed by atoms with E-state index in [1.807, 2.05) is 12.1 Å². The Balaban J connectivity index is 2.09. The number of para-hydroxylation sites is 1. The molecule has 0 aliphatic carbocycles.